The van der Waals surface area contributed by atoms with Crippen LogP contribution in [-0.2, 0) is 17.9 Å². The van der Waals surface area contributed by atoms with Gasteiger partial charge in [-0.05, 0) is 34.9 Å². The molecule has 3 aromatic carbocycles. The van der Waals surface area contributed by atoms with Crippen molar-refractivity contribution in [1.82, 2.24) is 5.32 Å². The number of carbonyl (C=O) groups is 1. The van der Waals surface area contributed by atoms with Gasteiger partial charge in [-0.15, -0.1) is 0 Å². The SMILES string of the molecule is O=C(/C=C/c1cccc(OCc2ccccc2)c1)NCc1ccccc1. The molecule has 3 aromatic rings. The molecular formula is C23H21NO2. The van der Waals surface area contributed by atoms with Gasteiger partial charge >= 0.3 is 0 Å². The Morgan fingerprint density at radius 2 is 1.54 bits per heavy atom. The van der Waals surface area contributed by atoms with Gasteiger partial charge in [-0.3, -0.25) is 4.79 Å². The van der Waals surface area contributed by atoms with E-state index >= 15 is 0 Å². The van der Waals surface area contributed by atoms with Gasteiger partial charge in [0.15, 0.2) is 0 Å². The standard InChI is InChI=1S/C23H21NO2/c25-23(24-17-20-8-3-1-4-9-20)15-14-19-12-7-13-22(16-19)26-18-21-10-5-2-6-11-21/h1-16H,17-18H2,(H,24,25)/b15-14+. The summed E-state index contributed by atoms with van der Waals surface area (Å²) < 4.78 is 5.81. The van der Waals surface area contributed by atoms with Crippen molar-refractivity contribution < 1.29 is 9.53 Å². The second-order valence-corrected chi connectivity index (χ2v) is 5.88. The Hall–Kier alpha value is -3.33. The molecule has 0 unspecified atom stereocenters. The highest BCUT2D eigenvalue weighted by atomic mass is 16.5. The first-order valence-corrected chi connectivity index (χ1v) is 8.56. The summed E-state index contributed by atoms with van der Waals surface area (Å²) in [6.45, 7) is 1.04. The third-order valence-corrected chi connectivity index (χ3v) is 3.84. The van der Waals surface area contributed by atoms with Crippen molar-refractivity contribution in [3.63, 3.8) is 0 Å². The van der Waals surface area contributed by atoms with Gasteiger partial charge in [0.1, 0.15) is 12.4 Å². The van der Waals surface area contributed by atoms with Crippen LogP contribution in [0.1, 0.15) is 16.7 Å². The molecule has 0 aliphatic rings. The number of nitrogens with one attached hydrogen (secondary N) is 1. The van der Waals surface area contributed by atoms with Crippen LogP contribution < -0.4 is 10.1 Å². The molecule has 0 fully saturated rings. The molecule has 1 amide bonds. The average molecular weight is 343 g/mol. The molecule has 0 atom stereocenters. The Labute approximate surface area is 154 Å². The van der Waals surface area contributed by atoms with Gasteiger partial charge in [-0.2, -0.15) is 0 Å². The molecular weight excluding hydrogens is 322 g/mol. The lowest BCUT2D eigenvalue weighted by Crippen LogP contribution is -2.20. The Morgan fingerprint density at radius 3 is 2.27 bits per heavy atom. The van der Waals surface area contributed by atoms with Crippen LogP contribution >= 0.6 is 0 Å². The van der Waals surface area contributed by atoms with Crippen LogP contribution in [0.15, 0.2) is 91.0 Å². The van der Waals surface area contributed by atoms with Gasteiger partial charge in [-0.1, -0.05) is 72.8 Å². The first kappa shape index (κ1) is 17.5. The third kappa shape index (κ3) is 5.64. The van der Waals surface area contributed by atoms with Crippen molar-refractivity contribution in [1.29, 1.82) is 0 Å². The smallest absolute Gasteiger partial charge is 0.244 e. The van der Waals surface area contributed by atoms with Crippen LogP contribution in [0.25, 0.3) is 6.08 Å². The molecule has 26 heavy (non-hydrogen) atoms. The highest BCUT2D eigenvalue weighted by Gasteiger charge is 1.99. The fourth-order valence-electron chi connectivity index (χ4n) is 2.46. The zero-order chi connectivity index (χ0) is 18.0. The van der Waals surface area contributed by atoms with E-state index in [0.717, 1.165) is 22.4 Å². The molecule has 0 saturated heterocycles. The van der Waals surface area contributed by atoms with E-state index in [-0.39, 0.29) is 5.91 Å². The molecule has 0 saturated carbocycles. The number of carbonyl (C=O) groups excluding carboxylic acids is 1. The van der Waals surface area contributed by atoms with E-state index in [9.17, 15) is 4.79 Å². The number of ether oxygens (including phenoxy) is 1. The normalized spacial score (nSPS) is 10.6. The van der Waals surface area contributed by atoms with Crippen molar-refractivity contribution >= 4 is 12.0 Å². The Kier molecular flexibility index (Phi) is 6.21. The summed E-state index contributed by atoms with van der Waals surface area (Å²) in [6, 6.07) is 27.6. The second kappa shape index (κ2) is 9.23. The van der Waals surface area contributed by atoms with Crippen molar-refractivity contribution in [2.45, 2.75) is 13.2 Å². The third-order valence-electron chi connectivity index (χ3n) is 3.84. The fourth-order valence-corrected chi connectivity index (χ4v) is 2.46. The van der Waals surface area contributed by atoms with Crippen LogP contribution in [0.3, 0.4) is 0 Å². The summed E-state index contributed by atoms with van der Waals surface area (Å²) >= 11 is 0. The van der Waals surface area contributed by atoms with Gasteiger partial charge in [-0.25, -0.2) is 0 Å². The lowest BCUT2D eigenvalue weighted by molar-refractivity contribution is -0.116. The van der Waals surface area contributed by atoms with Crippen LogP contribution in [0, 0.1) is 0 Å². The first-order chi connectivity index (χ1) is 12.8. The molecule has 0 aliphatic carbocycles. The molecule has 0 heterocycles. The molecule has 0 radical (unpaired) electrons. The van der Waals surface area contributed by atoms with Crippen LogP contribution in [-0.4, -0.2) is 5.91 Å². The van der Waals surface area contributed by atoms with Crippen molar-refractivity contribution in [2.24, 2.45) is 0 Å². The molecule has 0 aliphatic heterocycles. The minimum Gasteiger partial charge on any atom is -0.489 e. The summed E-state index contributed by atoms with van der Waals surface area (Å²) in [5, 5.41) is 2.87. The minimum absolute atomic E-state index is 0.121. The maximum Gasteiger partial charge on any atom is 0.244 e. The Balaban J connectivity index is 1.52. The minimum atomic E-state index is -0.121. The lowest BCUT2D eigenvalue weighted by Gasteiger charge is -2.07. The highest BCUT2D eigenvalue weighted by Crippen LogP contribution is 2.16. The van der Waals surface area contributed by atoms with E-state index in [4.69, 9.17) is 4.74 Å². The van der Waals surface area contributed by atoms with E-state index in [1.165, 1.54) is 0 Å². The number of amides is 1. The van der Waals surface area contributed by atoms with Crippen LogP contribution in [0.2, 0.25) is 0 Å². The summed E-state index contributed by atoms with van der Waals surface area (Å²) in [5.74, 6) is 0.658. The van der Waals surface area contributed by atoms with Gasteiger partial charge in [0.05, 0.1) is 0 Å². The number of benzene rings is 3. The van der Waals surface area contributed by atoms with E-state index in [1.807, 2.05) is 84.9 Å². The quantitative estimate of drug-likeness (QED) is 0.637. The Bertz CT molecular complexity index is 858. The Morgan fingerprint density at radius 1 is 0.846 bits per heavy atom. The van der Waals surface area contributed by atoms with E-state index in [0.29, 0.717) is 13.2 Å². The fraction of sp³-hybridized carbons (Fsp3) is 0.0870. The van der Waals surface area contributed by atoms with Crippen molar-refractivity contribution in [3.05, 3.63) is 108 Å². The summed E-state index contributed by atoms with van der Waals surface area (Å²) in [4.78, 5) is 12.0. The predicted molar refractivity (Wildman–Crippen MR) is 105 cm³/mol. The molecule has 1 N–H and O–H groups in total. The summed E-state index contributed by atoms with van der Waals surface area (Å²) in [5.41, 5.74) is 3.12. The summed E-state index contributed by atoms with van der Waals surface area (Å²) in [6.07, 6.45) is 3.33. The topological polar surface area (TPSA) is 38.3 Å². The maximum absolute atomic E-state index is 12.0. The molecule has 0 aromatic heterocycles. The predicted octanol–water partition coefficient (Wildman–Crippen LogP) is 4.60. The molecule has 3 heteroatoms. The largest absolute Gasteiger partial charge is 0.489 e. The molecule has 130 valence electrons. The molecule has 3 rings (SSSR count). The van der Waals surface area contributed by atoms with Gasteiger partial charge < -0.3 is 10.1 Å². The summed E-state index contributed by atoms with van der Waals surface area (Å²) in [7, 11) is 0. The molecule has 0 spiro atoms. The van der Waals surface area contributed by atoms with Gasteiger partial charge in [0.2, 0.25) is 5.91 Å². The highest BCUT2D eigenvalue weighted by molar-refractivity contribution is 5.91. The van der Waals surface area contributed by atoms with E-state index < -0.39 is 0 Å². The lowest BCUT2D eigenvalue weighted by atomic mass is 10.2. The zero-order valence-electron chi connectivity index (χ0n) is 14.5. The molecule has 0 bridgehead atoms. The van der Waals surface area contributed by atoms with Crippen LogP contribution in [0.4, 0.5) is 0 Å². The second-order valence-electron chi connectivity index (χ2n) is 5.88. The number of rotatable bonds is 7. The van der Waals surface area contributed by atoms with Crippen LogP contribution in [0.5, 0.6) is 5.75 Å². The van der Waals surface area contributed by atoms with Gasteiger partial charge in [0.25, 0.3) is 0 Å². The van der Waals surface area contributed by atoms with Crippen molar-refractivity contribution in [3.8, 4) is 5.75 Å². The zero-order valence-corrected chi connectivity index (χ0v) is 14.5. The van der Waals surface area contributed by atoms with Crippen molar-refractivity contribution in [2.75, 3.05) is 0 Å². The molecule has 3 nitrogen and oxygen atoms in total. The maximum atomic E-state index is 12.0. The number of hydrogen-bond acceptors (Lipinski definition) is 2. The van der Waals surface area contributed by atoms with E-state index in [1.54, 1.807) is 12.2 Å². The number of hydrogen-bond donors (Lipinski definition) is 1. The first-order valence-electron chi connectivity index (χ1n) is 8.56. The monoisotopic (exact) mass is 343 g/mol. The van der Waals surface area contributed by atoms with Gasteiger partial charge in [0, 0.05) is 12.6 Å². The average Bonchev–Trinajstić information content (AvgIpc) is 2.71. The van der Waals surface area contributed by atoms with E-state index in [2.05, 4.69) is 5.32 Å².